The fourth-order valence-electron chi connectivity index (χ4n) is 2.27. The number of nitrogens with zero attached hydrogens (tertiary/aromatic N) is 1. The molecule has 1 aliphatic carbocycles. The third kappa shape index (κ3) is 2.53. The van der Waals surface area contributed by atoms with Crippen molar-refractivity contribution in [2.24, 2.45) is 10.9 Å². The normalized spacial score (nSPS) is 17.8. The van der Waals surface area contributed by atoms with E-state index >= 15 is 0 Å². The van der Waals surface area contributed by atoms with Crippen LogP contribution in [0.25, 0.3) is 0 Å². The van der Waals surface area contributed by atoms with Gasteiger partial charge in [0.2, 0.25) is 0 Å². The van der Waals surface area contributed by atoms with E-state index in [-0.39, 0.29) is 5.97 Å². The van der Waals surface area contributed by atoms with Gasteiger partial charge in [0.1, 0.15) is 10.6 Å². The summed E-state index contributed by atoms with van der Waals surface area (Å²) in [6.07, 6.45) is 3.05. The summed E-state index contributed by atoms with van der Waals surface area (Å²) in [5.41, 5.74) is 1.72. The lowest BCUT2D eigenvalue weighted by Crippen LogP contribution is -2.13. The Hall–Kier alpha value is -1.03. The number of isothiocyanates is 1. The van der Waals surface area contributed by atoms with Crippen molar-refractivity contribution in [3.05, 3.63) is 16.0 Å². The summed E-state index contributed by atoms with van der Waals surface area (Å²) < 4.78 is 5.11. The zero-order valence-electron chi connectivity index (χ0n) is 10.5. The number of carbonyl (C=O) groups is 1. The molecule has 5 heteroatoms. The lowest BCUT2D eigenvalue weighted by atomic mass is 9.88. The third-order valence-electron chi connectivity index (χ3n) is 3.12. The van der Waals surface area contributed by atoms with Crippen molar-refractivity contribution < 1.29 is 9.53 Å². The van der Waals surface area contributed by atoms with E-state index in [4.69, 9.17) is 4.74 Å². The molecule has 3 nitrogen and oxygen atoms in total. The van der Waals surface area contributed by atoms with Gasteiger partial charge >= 0.3 is 5.97 Å². The molecule has 0 bridgehead atoms. The molecule has 0 aromatic carbocycles. The predicted molar refractivity (Wildman–Crippen MR) is 76.2 cm³/mol. The van der Waals surface area contributed by atoms with Crippen LogP contribution in [0.15, 0.2) is 4.99 Å². The van der Waals surface area contributed by atoms with Crippen molar-refractivity contribution in [2.75, 3.05) is 6.61 Å². The Kier molecular flexibility index (Phi) is 4.27. The van der Waals surface area contributed by atoms with Gasteiger partial charge in [-0.1, -0.05) is 6.92 Å². The molecule has 96 valence electrons. The molecule has 1 aromatic rings. The number of hydrogen-bond acceptors (Lipinski definition) is 5. The summed E-state index contributed by atoms with van der Waals surface area (Å²) in [7, 11) is 0. The maximum atomic E-state index is 12.0. The van der Waals surface area contributed by atoms with Gasteiger partial charge in [-0.25, -0.2) is 4.79 Å². The Morgan fingerprint density at radius 2 is 2.44 bits per heavy atom. The Balaban J connectivity index is 2.47. The van der Waals surface area contributed by atoms with Crippen molar-refractivity contribution in [1.29, 1.82) is 0 Å². The van der Waals surface area contributed by atoms with Gasteiger partial charge in [0.25, 0.3) is 0 Å². The van der Waals surface area contributed by atoms with Gasteiger partial charge in [-0.2, -0.15) is 4.99 Å². The third-order valence-corrected chi connectivity index (χ3v) is 4.36. The molecule has 0 amide bonds. The number of hydrogen-bond donors (Lipinski definition) is 0. The second-order valence-electron chi connectivity index (χ2n) is 4.46. The van der Waals surface area contributed by atoms with Gasteiger partial charge in [0.15, 0.2) is 0 Å². The molecule has 1 unspecified atom stereocenters. The highest BCUT2D eigenvalue weighted by atomic mass is 32.1. The lowest BCUT2D eigenvalue weighted by Gasteiger charge is -2.18. The average molecular weight is 281 g/mol. The molecule has 0 saturated carbocycles. The first-order valence-electron chi connectivity index (χ1n) is 6.06. The molecule has 0 aliphatic heterocycles. The van der Waals surface area contributed by atoms with E-state index in [1.807, 2.05) is 0 Å². The van der Waals surface area contributed by atoms with Crippen LogP contribution in [0.3, 0.4) is 0 Å². The van der Waals surface area contributed by atoms with Gasteiger partial charge < -0.3 is 4.74 Å². The van der Waals surface area contributed by atoms with E-state index in [1.54, 1.807) is 18.3 Å². The fourth-order valence-corrected chi connectivity index (χ4v) is 3.75. The molecule has 1 heterocycles. The van der Waals surface area contributed by atoms with Crippen LogP contribution < -0.4 is 0 Å². The van der Waals surface area contributed by atoms with Crippen LogP contribution in [0.2, 0.25) is 0 Å². The predicted octanol–water partition coefficient (Wildman–Crippen LogP) is 3.78. The molecule has 1 aliphatic rings. The summed E-state index contributed by atoms with van der Waals surface area (Å²) in [5.74, 6) is 0.379. The Morgan fingerprint density at radius 1 is 1.67 bits per heavy atom. The van der Waals surface area contributed by atoms with Crippen molar-refractivity contribution in [2.45, 2.75) is 33.1 Å². The standard InChI is InChI=1S/C13H15NO2S2/c1-3-16-13(15)11-9-5-4-8(2)6-10(9)18-12(11)14-7-17/h8H,3-6H2,1-2H3. The number of esters is 1. The summed E-state index contributed by atoms with van der Waals surface area (Å²) in [6.45, 7) is 4.41. The highest BCUT2D eigenvalue weighted by Crippen LogP contribution is 2.41. The van der Waals surface area contributed by atoms with Crippen LogP contribution >= 0.6 is 23.6 Å². The second kappa shape index (κ2) is 5.74. The number of thiocarbonyl (C=S) groups is 1. The van der Waals surface area contributed by atoms with Crippen molar-refractivity contribution in [3.63, 3.8) is 0 Å². The first kappa shape index (κ1) is 13.4. The Morgan fingerprint density at radius 3 is 3.11 bits per heavy atom. The molecule has 2 rings (SSSR count). The van der Waals surface area contributed by atoms with E-state index in [0.29, 0.717) is 23.1 Å². The zero-order valence-corrected chi connectivity index (χ0v) is 12.1. The number of carbonyl (C=O) groups excluding carboxylic acids is 1. The van der Waals surface area contributed by atoms with E-state index in [0.717, 1.165) is 24.8 Å². The van der Waals surface area contributed by atoms with E-state index in [2.05, 4.69) is 29.3 Å². The molecule has 0 saturated heterocycles. The van der Waals surface area contributed by atoms with Gasteiger partial charge in [-0.05, 0) is 49.9 Å². The first-order chi connectivity index (χ1) is 8.67. The lowest BCUT2D eigenvalue weighted by molar-refractivity contribution is 0.0526. The largest absolute Gasteiger partial charge is 0.462 e. The summed E-state index contributed by atoms with van der Waals surface area (Å²) in [6, 6.07) is 0. The highest BCUT2D eigenvalue weighted by Gasteiger charge is 2.28. The van der Waals surface area contributed by atoms with Crippen molar-refractivity contribution in [3.8, 4) is 0 Å². The molecular formula is C13H15NO2S2. The molecule has 18 heavy (non-hydrogen) atoms. The molecule has 0 N–H and O–H groups in total. The number of thiophene rings is 1. The molecule has 0 radical (unpaired) electrons. The minimum atomic E-state index is -0.284. The summed E-state index contributed by atoms with van der Waals surface area (Å²) in [4.78, 5) is 17.3. The zero-order chi connectivity index (χ0) is 13.1. The fraction of sp³-hybridized carbons (Fsp3) is 0.538. The first-order valence-corrected chi connectivity index (χ1v) is 7.29. The monoisotopic (exact) mass is 281 g/mol. The van der Waals surface area contributed by atoms with Crippen LogP contribution in [-0.2, 0) is 17.6 Å². The number of ether oxygens (including phenoxy) is 1. The van der Waals surface area contributed by atoms with Gasteiger partial charge in [0.05, 0.1) is 11.8 Å². The van der Waals surface area contributed by atoms with E-state index in [9.17, 15) is 4.79 Å². The van der Waals surface area contributed by atoms with Crippen LogP contribution in [0, 0.1) is 5.92 Å². The molecular weight excluding hydrogens is 266 g/mol. The highest BCUT2D eigenvalue weighted by molar-refractivity contribution is 7.78. The topological polar surface area (TPSA) is 38.7 Å². The number of aliphatic imine (C=N–C) groups is 1. The van der Waals surface area contributed by atoms with E-state index in [1.165, 1.54) is 4.88 Å². The van der Waals surface area contributed by atoms with Gasteiger partial charge in [-0.15, -0.1) is 11.3 Å². The minimum Gasteiger partial charge on any atom is -0.462 e. The maximum Gasteiger partial charge on any atom is 0.341 e. The molecule has 0 fully saturated rings. The maximum absolute atomic E-state index is 12.0. The summed E-state index contributed by atoms with van der Waals surface area (Å²) >= 11 is 6.19. The van der Waals surface area contributed by atoms with Crippen molar-refractivity contribution in [1.82, 2.24) is 0 Å². The summed E-state index contributed by atoms with van der Waals surface area (Å²) in [5, 5.41) is 3.01. The Bertz CT molecular complexity index is 515. The smallest absolute Gasteiger partial charge is 0.341 e. The van der Waals surface area contributed by atoms with Gasteiger partial charge in [-0.3, -0.25) is 0 Å². The van der Waals surface area contributed by atoms with Crippen LogP contribution in [-0.4, -0.2) is 17.7 Å². The number of fused-ring (bicyclic) bond motifs is 1. The van der Waals surface area contributed by atoms with Gasteiger partial charge in [0, 0.05) is 4.88 Å². The SMILES string of the molecule is CCOC(=O)c1c(N=C=S)sc2c1CCC(C)C2. The van der Waals surface area contributed by atoms with Crippen molar-refractivity contribution >= 4 is 39.7 Å². The second-order valence-corrected chi connectivity index (χ2v) is 5.72. The Labute approximate surface area is 116 Å². The van der Waals surface area contributed by atoms with Crippen LogP contribution in [0.1, 0.15) is 41.1 Å². The average Bonchev–Trinajstić information content (AvgIpc) is 2.67. The van der Waals surface area contributed by atoms with Crippen LogP contribution in [0.4, 0.5) is 5.00 Å². The molecule has 1 atom stereocenters. The molecule has 1 aromatic heterocycles. The van der Waals surface area contributed by atoms with E-state index < -0.39 is 0 Å². The number of rotatable bonds is 3. The van der Waals surface area contributed by atoms with Crippen LogP contribution in [0.5, 0.6) is 0 Å². The minimum absolute atomic E-state index is 0.284. The quantitative estimate of drug-likeness (QED) is 0.481. The molecule has 0 spiro atoms.